The van der Waals surface area contributed by atoms with Crippen LogP contribution in [0, 0.1) is 0 Å². The lowest BCUT2D eigenvalue weighted by molar-refractivity contribution is 0.669. The maximum atomic E-state index is 6.92. The van der Waals surface area contributed by atoms with Crippen molar-refractivity contribution in [3.05, 3.63) is 231 Å². The van der Waals surface area contributed by atoms with E-state index in [0.29, 0.717) is 17.5 Å². The Bertz CT molecular complexity index is 5180. The highest BCUT2D eigenvalue weighted by atomic mass is 32.1. The van der Waals surface area contributed by atoms with Crippen LogP contribution in [0.1, 0.15) is 0 Å². The summed E-state index contributed by atoms with van der Waals surface area (Å²) in [5.41, 5.74) is 13.7. The summed E-state index contributed by atoms with van der Waals surface area (Å²) in [6.45, 7) is 0. The van der Waals surface area contributed by atoms with Gasteiger partial charge in [-0.15, -0.1) is 22.7 Å². The molecule has 77 heavy (non-hydrogen) atoms. The highest BCUT2D eigenvalue weighted by Crippen LogP contribution is 2.45. The zero-order valence-corrected chi connectivity index (χ0v) is 42.5. The summed E-state index contributed by atoms with van der Waals surface area (Å²) in [7, 11) is 0. The Morgan fingerprint density at radius 2 is 0.818 bits per heavy atom. The maximum absolute atomic E-state index is 6.92. The number of furan rings is 2. The van der Waals surface area contributed by atoms with Gasteiger partial charge in [0.2, 0.25) is 0 Å². The molecule has 11 aromatic carbocycles. The van der Waals surface area contributed by atoms with Gasteiger partial charge in [0.15, 0.2) is 17.5 Å². The molecular weight excluding hydrogens is 981 g/mol. The summed E-state index contributed by atoms with van der Waals surface area (Å²) in [5.74, 6) is 1.81. The van der Waals surface area contributed by atoms with Crippen molar-refractivity contribution in [2.75, 3.05) is 0 Å². The number of rotatable bonds is 6. The molecule has 0 aliphatic rings. The van der Waals surface area contributed by atoms with E-state index in [1.165, 1.54) is 56.6 Å². The van der Waals surface area contributed by atoms with Crippen LogP contribution >= 0.6 is 22.7 Å². The molecule has 0 spiro atoms. The molecule has 0 bridgehead atoms. The van der Waals surface area contributed by atoms with Crippen molar-refractivity contribution in [2.45, 2.75) is 0 Å². The van der Waals surface area contributed by atoms with Crippen LogP contribution < -0.4 is 0 Å². The molecule has 358 valence electrons. The monoisotopic (exact) mass is 1020 g/mol. The minimum absolute atomic E-state index is 0.579. The summed E-state index contributed by atoms with van der Waals surface area (Å²) < 4.78 is 20.9. The molecule has 0 unspecified atom stereocenters. The number of fused-ring (bicyclic) bond motifs is 15. The lowest BCUT2D eigenvalue weighted by atomic mass is 9.95. The molecule has 0 aliphatic heterocycles. The van der Waals surface area contributed by atoms with Gasteiger partial charge in [0, 0.05) is 101 Å². The van der Waals surface area contributed by atoms with Gasteiger partial charge in [-0.05, 0) is 95.6 Å². The van der Waals surface area contributed by atoms with Crippen molar-refractivity contribution in [1.82, 2.24) is 19.5 Å². The maximum Gasteiger partial charge on any atom is 0.164 e. The third kappa shape index (κ3) is 6.50. The Morgan fingerprint density at radius 1 is 0.299 bits per heavy atom. The smallest absolute Gasteiger partial charge is 0.164 e. The van der Waals surface area contributed by atoms with E-state index in [1.54, 1.807) is 22.7 Å². The Hall–Kier alpha value is -9.73. The fourth-order valence-electron chi connectivity index (χ4n) is 12.0. The molecule has 0 N–H and O–H groups in total. The molecule has 0 radical (unpaired) electrons. The van der Waals surface area contributed by atoms with Crippen LogP contribution in [0.3, 0.4) is 0 Å². The van der Waals surface area contributed by atoms with Crippen molar-refractivity contribution in [1.29, 1.82) is 0 Å². The molecule has 17 aromatic rings. The van der Waals surface area contributed by atoms with Crippen molar-refractivity contribution in [3.63, 3.8) is 0 Å². The largest absolute Gasteiger partial charge is 0.456 e. The van der Waals surface area contributed by atoms with E-state index in [2.05, 4.69) is 223 Å². The normalized spacial score (nSPS) is 12.2. The second-order valence-electron chi connectivity index (χ2n) is 19.8. The lowest BCUT2D eigenvalue weighted by Crippen LogP contribution is -2.00. The van der Waals surface area contributed by atoms with Crippen molar-refractivity contribution in [3.8, 4) is 62.1 Å². The second-order valence-corrected chi connectivity index (χ2v) is 22.0. The van der Waals surface area contributed by atoms with E-state index in [-0.39, 0.29) is 0 Å². The molecule has 6 nitrogen and oxygen atoms in total. The minimum atomic E-state index is 0.579. The first kappa shape index (κ1) is 42.6. The van der Waals surface area contributed by atoms with Crippen LogP contribution in [0.4, 0.5) is 0 Å². The van der Waals surface area contributed by atoms with Gasteiger partial charge >= 0.3 is 0 Å². The van der Waals surface area contributed by atoms with Crippen molar-refractivity contribution in [2.24, 2.45) is 0 Å². The Kier molecular flexibility index (Phi) is 9.07. The predicted octanol–water partition coefficient (Wildman–Crippen LogP) is 19.8. The molecule has 0 saturated heterocycles. The standard InChI is InChI=1S/C69H38N4O2S2/c1-2-13-43(14-3-1)73-55-22-7-4-15-46(55)53-35-40(29-33-56(53)73)45-19-10-20-51-64-44(18-11-24-59(64)75-66(45)51)39-30-34-57-54(36-39)65-52(21-12-23-58(65)74-57)69-71-67(41-27-31-49-47-16-5-8-25-60(47)76-62(49)37-41)70-68(72-69)42-28-32-50-48-17-6-9-26-61(48)77-63(50)38-42/h1-38H. The average Bonchev–Trinajstić information content (AvgIpc) is 4.35. The number of thiophene rings is 2. The number of hydrogen-bond donors (Lipinski definition) is 0. The van der Waals surface area contributed by atoms with Gasteiger partial charge in [-0.25, -0.2) is 15.0 Å². The van der Waals surface area contributed by atoms with Crippen LogP contribution in [0.2, 0.25) is 0 Å². The summed E-state index contributed by atoms with van der Waals surface area (Å²) in [6, 6.07) is 82.0. The highest BCUT2D eigenvalue weighted by Gasteiger charge is 2.22. The third-order valence-corrected chi connectivity index (χ3v) is 17.7. The van der Waals surface area contributed by atoms with Gasteiger partial charge in [0.05, 0.1) is 11.0 Å². The van der Waals surface area contributed by atoms with E-state index in [9.17, 15) is 0 Å². The van der Waals surface area contributed by atoms with E-state index < -0.39 is 0 Å². The SMILES string of the molecule is c1ccc(-n2c3ccccc3c3cc(-c4cccc5c4oc4cccc(-c6ccc7oc8cccc(-c9nc(-c%10ccc%11c(c%10)sc%10ccccc%10%11)nc(-c%10ccc%11c(c%10)sc%10ccccc%10%11)n9)c8c7c6)c45)ccc32)cc1. The van der Waals surface area contributed by atoms with Crippen molar-refractivity contribution >= 4 is 129 Å². The summed E-state index contributed by atoms with van der Waals surface area (Å²) >= 11 is 3.58. The van der Waals surface area contributed by atoms with Gasteiger partial charge in [-0.3, -0.25) is 0 Å². The van der Waals surface area contributed by atoms with Crippen LogP contribution in [-0.2, 0) is 0 Å². The van der Waals surface area contributed by atoms with Gasteiger partial charge in [-0.1, -0.05) is 152 Å². The van der Waals surface area contributed by atoms with Crippen LogP contribution in [0.25, 0.3) is 168 Å². The predicted molar refractivity (Wildman–Crippen MR) is 322 cm³/mol. The Morgan fingerprint density at radius 3 is 1.56 bits per heavy atom. The van der Waals surface area contributed by atoms with E-state index >= 15 is 0 Å². The van der Waals surface area contributed by atoms with Gasteiger partial charge in [0.25, 0.3) is 0 Å². The molecule has 17 rings (SSSR count). The van der Waals surface area contributed by atoms with Crippen LogP contribution in [0.5, 0.6) is 0 Å². The number of para-hydroxylation sites is 3. The first-order valence-corrected chi connectivity index (χ1v) is 27.4. The lowest BCUT2D eigenvalue weighted by Gasteiger charge is -2.10. The molecule has 0 fully saturated rings. The van der Waals surface area contributed by atoms with Gasteiger partial charge in [-0.2, -0.15) is 0 Å². The topological polar surface area (TPSA) is 69.9 Å². The first-order valence-electron chi connectivity index (χ1n) is 25.7. The minimum Gasteiger partial charge on any atom is -0.456 e. The van der Waals surface area contributed by atoms with Crippen LogP contribution in [-0.4, -0.2) is 19.5 Å². The summed E-state index contributed by atoms with van der Waals surface area (Å²) in [6.07, 6.45) is 0. The van der Waals surface area contributed by atoms with E-state index in [4.69, 9.17) is 23.8 Å². The average molecular weight is 1020 g/mol. The molecule has 6 aromatic heterocycles. The zero-order valence-electron chi connectivity index (χ0n) is 40.9. The highest BCUT2D eigenvalue weighted by molar-refractivity contribution is 7.26. The van der Waals surface area contributed by atoms with Crippen molar-refractivity contribution < 1.29 is 8.83 Å². The summed E-state index contributed by atoms with van der Waals surface area (Å²) in [4.78, 5) is 16.0. The summed E-state index contributed by atoms with van der Waals surface area (Å²) in [5, 5.41) is 11.4. The van der Waals surface area contributed by atoms with Gasteiger partial charge < -0.3 is 13.4 Å². The molecule has 0 aliphatic carbocycles. The molecule has 0 amide bonds. The third-order valence-electron chi connectivity index (χ3n) is 15.5. The molecule has 0 atom stereocenters. The number of aromatic nitrogens is 4. The fourth-order valence-corrected chi connectivity index (χ4v) is 14.3. The second kappa shape index (κ2) is 16.4. The first-order chi connectivity index (χ1) is 38.1. The number of nitrogens with zero attached hydrogens (tertiary/aromatic N) is 4. The number of hydrogen-bond acceptors (Lipinski definition) is 7. The molecular formula is C69H38N4O2S2. The Balaban J connectivity index is 0.823. The van der Waals surface area contributed by atoms with Gasteiger partial charge in [0.1, 0.15) is 22.3 Å². The zero-order chi connectivity index (χ0) is 50.3. The Labute approximate surface area is 447 Å². The molecule has 6 heterocycles. The quantitative estimate of drug-likeness (QED) is 0.166. The fraction of sp³-hybridized carbons (Fsp3) is 0. The number of benzene rings is 11. The van der Waals surface area contributed by atoms with E-state index in [0.717, 1.165) is 94.0 Å². The molecule has 0 saturated carbocycles. The molecule has 8 heteroatoms. The van der Waals surface area contributed by atoms with Crippen LogP contribution in [0.15, 0.2) is 239 Å². The van der Waals surface area contributed by atoms with E-state index in [1.807, 2.05) is 12.1 Å².